The summed E-state index contributed by atoms with van der Waals surface area (Å²) < 4.78 is 7.38. The lowest BCUT2D eigenvalue weighted by Crippen LogP contribution is -2.55. The number of nitrogens with one attached hydrogen (secondary N) is 1. The number of pyridine rings is 1. The van der Waals surface area contributed by atoms with Crippen LogP contribution in [0.4, 0.5) is 0 Å². The molecular formula is C25H31N5O. The summed E-state index contributed by atoms with van der Waals surface area (Å²) in [5, 5.41) is 8.46. The molecule has 6 rings (SSSR count). The van der Waals surface area contributed by atoms with Gasteiger partial charge in [0.1, 0.15) is 5.75 Å². The number of hydrogen-bond acceptors (Lipinski definition) is 5. The van der Waals surface area contributed by atoms with Gasteiger partial charge in [-0.15, -0.1) is 0 Å². The second-order valence-corrected chi connectivity index (χ2v) is 8.80. The highest BCUT2D eigenvalue weighted by molar-refractivity contribution is 5.60. The van der Waals surface area contributed by atoms with Crippen molar-refractivity contribution in [2.24, 2.45) is 13.0 Å². The van der Waals surface area contributed by atoms with E-state index in [0.29, 0.717) is 12.0 Å². The maximum atomic E-state index is 5.29. The fourth-order valence-corrected chi connectivity index (χ4v) is 5.29. The average molecular weight is 418 g/mol. The number of piperidine rings is 3. The molecule has 4 unspecified atom stereocenters. The molecule has 0 amide bonds. The number of hydrogen-bond donors (Lipinski definition) is 1. The monoisotopic (exact) mass is 417 g/mol. The maximum absolute atomic E-state index is 5.29. The topological polar surface area (TPSA) is 55.2 Å². The lowest BCUT2D eigenvalue weighted by atomic mass is 9.74. The van der Waals surface area contributed by atoms with Crippen LogP contribution in [0.3, 0.4) is 0 Å². The van der Waals surface area contributed by atoms with Crippen LogP contribution in [0, 0.1) is 5.92 Å². The molecule has 0 aliphatic carbocycles. The lowest BCUT2D eigenvalue weighted by molar-refractivity contribution is 0.0281. The third-order valence-electron chi connectivity index (χ3n) is 6.97. The van der Waals surface area contributed by atoms with Gasteiger partial charge in [-0.3, -0.25) is 14.6 Å². The molecule has 3 aliphatic heterocycles. The minimum atomic E-state index is 0.560. The summed E-state index contributed by atoms with van der Waals surface area (Å²) in [6.07, 6.45) is 4.40. The number of nitrogens with zero attached hydrogens (tertiary/aromatic N) is 4. The van der Waals surface area contributed by atoms with Crippen LogP contribution in [0.1, 0.15) is 30.1 Å². The summed E-state index contributed by atoms with van der Waals surface area (Å²) in [4.78, 5) is 7.09. The minimum absolute atomic E-state index is 0.560. The van der Waals surface area contributed by atoms with Gasteiger partial charge in [-0.1, -0.05) is 6.07 Å². The van der Waals surface area contributed by atoms with Gasteiger partial charge in [0, 0.05) is 56.1 Å². The molecule has 3 fully saturated rings. The van der Waals surface area contributed by atoms with Crippen LogP contribution in [0.15, 0.2) is 54.7 Å². The van der Waals surface area contributed by atoms with Crippen molar-refractivity contribution in [1.82, 2.24) is 25.0 Å². The number of aryl methyl sites for hydroxylation is 1. The highest BCUT2D eigenvalue weighted by Crippen LogP contribution is 2.42. The van der Waals surface area contributed by atoms with Gasteiger partial charge in [0.05, 0.1) is 18.5 Å². The maximum Gasteiger partial charge on any atom is 0.118 e. The van der Waals surface area contributed by atoms with Crippen LogP contribution in [0.2, 0.25) is 0 Å². The summed E-state index contributed by atoms with van der Waals surface area (Å²) in [6, 6.07) is 17.2. The molecule has 0 radical (unpaired) electrons. The van der Waals surface area contributed by atoms with Crippen LogP contribution in [0.5, 0.6) is 5.75 Å². The highest BCUT2D eigenvalue weighted by Gasteiger charge is 2.41. The number of methoxy groups -OCH3 is 1. The second-order valence-electron chi connectivity index (χ2n) is 8.80. The first-order valence-corrected chi connectivity index (χ1v) is 11.2. The molecule has 162 valence electrons. The van der Waals surface area contributed by atoms with Crippen LogP contribution >= 0.6 is 0 Å². The Balaban J connectivity index is 1.24. The standard InChI is InChI=1S/C25H31N5O/c1-29-25(14-24(28-29)18-6-8-22(31-2)9-7-18)23-17-30-12-10-19(23)13-21(30)16-26-15-20-5-3-4-11-27-20/h3-9,11,14,19,21,23,26H,10,12-13,15-17H2,1-2H3. The van der Waals surface area contributed by atoms with Crippen molar-refractivity contribution < 1.29 is 4.74 Å². The van der Waals surface area contributed by atoms with E-state index in [2.05, 4.69) is 57.3 Å². The predicted octanol–water partition coefficient (Wildman–Crippen LogP) is 3.46. The summed E-state index contributed by atoms with van der Waals surface area (Å²) in [7, 11) is 3.79. The molecule has 0 spiro atoms. The smallest absolute Gasteiger partial charge is 0.118 e. The van der Waals surface area contributed by atoms with Gasteiger partial charge in [0.2, 0.25) is 0 Å². The minimum Gasteiger partial charge on any atom is -0.497 e. The molecule has 3 aromatic rings. The SMILES string of the molecule is COc1ccc(-c2cc(C3CN4CCC3CC4CNCc3ccccn3)n(C)n2)cc1. The molecule has 2 bridgehead atoms. The van der Waals surface area contributed by atoms with E-state index in [1.54, 1.807) is 7.11 Å². The second kappa shape index (κ2) is 8.81. The first-order valence-electron chi connectivity index (χ1n) is 11.2. The molecule has 31 heavy (non-hydrogen) atoms. The zero-order valence-electron chi connectivity index (χ0n) is 18.4. The highest BCUT2D eigenvalue weighted by atomic mass is 16.5. The third kappa shape index (κ3) is 4.23. The van der Waals surface area contributed by atoms with Crippen molar-refractivity contribution in [3.63, 3.8) is 0 Å². The number of rotatable bonds is 7. The normalized spacial score (nSPS) is 25.0. The molecule has 3 saturated heterocycles. The van der Waals surface area contributed by atoms with E-state index in [-0.39, 0.29) is 0 Å². The average Bonchev–Trinajstić information content (AvgIpc) is 3.21. The first kappa shape index (κ1) is 20.2. The van der Waals surface area contributed by atoms with Crippen LogP contribution in [-0.4, -0.2) is 52.5 Å². The third-order valence-corrected chi connectivity index (χ3v) is 6.97. The van der Waals surface area contributed by atoms with Crippen molar-refractivity contribution in [3.05, 3.63) is 66.1 Å². The van der Waals surface area contributed by atoms with E-state index < -0.39 is 0 Å². The van der Waals surface area contributed by atoms with Crippen molar-refractivity contribution in [2.45, 2.75) is 31.3 Å². The molecular weight excluding hydrogens is 386 g/mol. The summed E-state index contributed by atoms with van der Waals surface area (Å²) in [5.41, 5.74) is 4.66. The Bertz CT molecular complexity index is 1000. The van der Waals surface area contributed by atoms with Crippen LogP contribution in [-0.2, 0) is 13.6 Å². The van der Waals surface area contributed by atoms with E-state index in [0.717, 1.165) is 48.3 Å². The van der Waals surface area contributed by atoms with Gasteiger partial charge in [0.25, 0.3) is 0 Å². The zero-order chi connectivity index (χ0) is 21.2. The molecule has 1 aromatic carbocycles. The quantitative estimate of drug-likeness (QED) is 0.638. The van der Waals surface area contributed by atoms with E-state index in [9.17, 15) is 0 Å². The largest absolute Gasteiger partial charge is 0.497 e. The molecule has 6 heteroatoms. The van der Waals surface area contributed by atoms with Crippen molar-refractivity contribution >= 4 is 0 Å². The van der Waals surface area contributed by atoms with Gasteiger partial charge in [-0.25, -0.2) is 0 Å². The molecule has 2 aromatic heterocycles. The van der Waals surface area contributed by atoms with Crippen LogP contribution < -0.4 is 10.1 Å². The Morgan fingerprint density at radius 2 is 2.03 bits per heavy atom. The fourth-order valence-electron chi connectivity index (χ4n) is 5.29. The lowest BCUT2D eigenvalue weighted by Gasteiger charge is -2.50. The first-order chi connectivity index (χ1) is 15.2. The molecule has 0 saturated carbocycles. The summed E-state index contributed by atoms with van der Waals surface area (Å²) >= 11 is 0. The van der Waals surface area contributed by atoms with Gasteiger partial charge < -0.3 is 10.1 Å². The predicted molar refractivity (Wildman–Crippen MR) is 122 cm³/mol. The van der Waals surface area contributed by atoms with Crippen molar-refractivity contribution in [2.75, 3.05) is 26.7 Å². The Morgan fingerprint density at radius 3 is 2.74 bits per heavy atom. The van der Waals surface area contributed by atoms with Crippen molar-refractivity contribution in [3.8, 4) is 17.0 Å². The molecule has 3 aliphatic rings. The van der Waals surface area contributed by atoms with Crippen LogP contribution in [0.25, 0.3) is 11.3 Å². The van der Waals surface area contributed by atoms with E-state index in [1.807, 2.05) is 24.4 Å². The Kier molecular flexibility index (Phi) is 5.74. The summed E-state index contributed by atoms with van der Waals surface area (Å²) in [6.45, 7) is 4.21. The van der Waals surface area contributed by atoms with Gasteiger partial charge in [-0.2, -0.15) is 5.10 Å². The van der Waals surface area contributed by atoms with E-state index in [1.165, 1.54) is 25.1 Å². The number of aromatic nitrogens is 3. The molecule has 6 nitrogen and oxygen atoms in total. The molecule has 5 heterocycles. The Labute approximate surface area is 184 Å². The number of ether oxygens (including phenoxy) is 1. The Morgan fingerprint density at radius 1 is 1.16 bits per heavy atom. The number of benzene rings is 1. The van der Waals surface area contributed by atoms with E-state index >= 15 is 0 Å². The van der Waals surface area contributed by atoms with Crippen molar-refractivity contribution in [1.29, 1.82) is 0 Å². The fraction of sp³-hybridized carbons (Fsp3) is 0.440. The number of fused-ring (bicyclic) bond motifs is 3. The zero-order valence-corrected chi connectivity index (χ0v) is 18.4. The Hall–Kier alpha value is -2.70. The van der Waals surface area contributed by atoms with Gasteiger partial charge in [0.15, 0.2) is 0 Å². The molecule has 4 atom stereocenters. The van der Waals surface area contributed by atoms with E-state index in [4.69, 9.17) is 9.84 Å². The van der Waals surface area contributed by atoms with Gasteiger partial charge >= 0.3 is 0 Å². The molecule has 1 N–H and O–H groups in total. The van der Waals surface area contributed by atoms with Gasteiger partial charge in [-0.05, 0) is 67.8 Å². The summed E-state index contributed by atoms with van der Waals surface area (Å²) in [5.74, 6) is 2.16.